The van der Waals surface area contributed by atoms with Gasteiger partial charge in [-0.2, -0.15) is 8.99 Å². The van der Waals surface area contributed by atoms with Gasteiger partial charge in [-0.15, -0.1) is 0 Å². The highest BCUT2D eigenvalue weighted by Gasteiger charge is 2.35. The van der Waals surface area contributed by atoms with E-state index in [1.807, 2.05) is 0 Å². The van der Waals surface area contributed by atoms with Gasteiger partial charge in [0.15, 0.2) is 0 Å². The number of nitro groups is 2. The summed E-state index contributed by atoms with van der Waals surface area (Å²) >= 11 is 0. The number of aromatic nitrogens is 2. The van der Waals surface area contributed by atoms with Gasteiger partial charge < -0.3 is 20.2 Å². The molecule has 1 amide bonds. The smallest absolute Gasteiger partial charge is 0.379 e. The second-order valence-electron chi connectivity index (χ2n) is 6.52. The number of sulfonamides is 1. The first-order valence-corrected chi connectivity index (χ1v) is 10.4. The largest absolute Gasteiger partial charge is 0.468 e. The standard InChI is InChI=1S/C16H18N6O8S/c1-11-15(21(24)25)16(22(26)27)18-20(11)10-14(23)17-12-2-4-13(5-3-12)31(28,29)19-6-8-30-9-7-19/h2-5H,6-10H2,1H3,(H,17,23). The zero-order valence-corrected chi connectivity index (χ0v) is 17.1. The number of anilines is 1. The second-order valence-corrected chi connectivity index (χ2v) is 8.46. The SMILES string of the molecule is Cc1c([N+](=O)[O-])c([N+](=O)[O-])nn1CC(=O)Nc1ccc(S(=O)(=O)N2CCOCC2)cc1. The van der Waals surface area contributed by atoms with Gasteiger partial charge in [0.25, 0.3) is 0 Å². The van der Waals surface area contributed by atoms with Gasteiger partial charge in [-0.05, 0) is 36.1 Å². The molecule has 0 saturated carbocycles. The second kappa shape index (κ2) is 8.75. The third kappa shape index (κ3) is 4.68. The van der Waals surface area contributed by atoms with Crippen molar-refractivity contribution in [3.63, 3.8) is 0 Å². The van der Waals surface area contributed by atoms with Crippen LogP contribution in [-0.2, 0) is 26.1 Å². The topological polar surface area (TPSA) is 180 Å². The summed E-state index contributed by atoms with van der Waals surface area (Å²) < 4.78 is 32.5. The summed E-state index contributed by atoms with van der Waals surface area (Å²) in [7, 11) is -3.68. The van der Waals surface area contributed by atoms with E-state index in [0.29, 0.717) is 13.2 Å². The average Bonchev–Trinajstić information content (AvgIpc) is 3.05. The number of morpholine rings is 1. The maximum Gasteiger partial charge on any atom is 0.468 e. The van der Waals surface area contributed by atoms with Gasteiger partial charge >= 0.3 is 11.5 Å². The summed E-state index contributed by atoms with van der Waals surface area (Å²) in [5.74, 6) is -1.60. The molecule has 1 fully saturated rings. The van der Waals surface area contributed by atoms with Crippen molar-refractivity contribution in [1.29, 1.82) is 0 Å². The molecule has 0 bridgehead atoms. The third-order valence-corrected chi connectivity index (χ3v) is 6.46. The van der Waals surface area contributed by atoms with Gasteiger partial charge in [0, 0.05) is 18.8 Å². The van der Waals surface area contributed by atoms with Crippen molar-refractivity contribution in [2.75, 3.05) is 31.6 Å². The number of nitrogens with zero attached hydrogens (tertiary/aromatic N) is 5. The lowest BCUT2D eigenvalue weighted by molar-refractivity contribution is -0.424. The Hall–Kier alpha value is -3.43. The van der Waals surface area contributed by atoms with Gasteiger partial charge in [-0.3, -0.25) is 14.9 Å². The Balaban J connectivity index is 1.71. The normalized spacial score (nSPS) is 14.9. The van der Waals surface area contributed by atoms with Crippen molar-refractivity contribution in [2.24, 2.45) is 0 Å². The third-order valence-electron chi connectivity index (χ3n) is 4.55. The molecule has 1 aliphatic rings. The minimum Gasteiger partial charge on any atom is -0.379 e. The van der Waals surface area contributed by atoms with Crippen molar-refractivity contribution in [1.82, 2.24) is 14.1 Å². The maximum absolute atomic E-state index is 12.6. The first-order valence-electron chi connectivity index (χ1n) is 8.95. The highest BCUT2D eigenvalue weighted by atomic mass is 32.2. The van der Waals surface area contributed by atoms with Crippen LogP contribution in [0.3, 0.4) is 0 Å². The van der Waals surface area contributed by atoms with E-state index in [-0.39, 0.29) is 29.4 Å². The quantitative estimate of drug-likeness (QED) is 0.464. The molecule has 1 saturated heterocycles. The molecule has 1 N–H and O–H groups in total. The Morgan fingerprint density at radius 3 is 2.29 bits per heavy atom. The molecule has 0 aliphatic carbocycles. The lowest BCUT2D eigenvalue weighted by atomic mass is 10.3. The van der Waals surface area contributed by atoms with E-state index in [1.54, 1.807) is 0 Å². The monoisotopic (exact) mass is 454 g/mol. The van der Waals surface area contributed by atoms with Gasteiger partial charge in [0.1, 0.15) is 12.2 Å². The summed E-state index contributed by atoms with van der Waals surface area (Å²) in [6.07, 6.45) is 0. The van der Waals surface area contributed by atoms with Crippen LogP contribution in [0.5, 0.6) is 0 Å². The fraction of sp³-hybridized carbons (Fsp3) is 0.375. The van der Waals surface area contributed by atoms with E-state index in [9.17, 15) is 33.4 Å². The Morgan fingerprint density at radius 1 is 1.16 bits per heavy atom. The number of carbonyl (C=O) groups is 1. The van der Waals surface area contributed by atoms with Gasteiger partial charge in [0.2, 0.25) is 15.9 Å². The van der Waals surface area contributed by atoms with E-state index in [1.165, 1.54) is 35.5 Å². The first-order chi connectivity index (χ1) is 14.6. The molecule has 2 aromatic rings. The minimum absolute atomic E-state index is 0.0570. The summed E-state index contributed by atoms with van der Waals surface area (Å²) in [5.41, 5.74) is -0.644. The highest BCUT2D eigenvalue weighted by Crippen LogP contribution is 2.29. The lowest BCUT2D eigenvalue weighted by Gasteiger charge is -2.26. The number of hydrogen-bond donors (Lipinski definition) is 1. The Morgan fingerprint density at radius 2 is 1.77 bits per heavy atom. The molecule has 0 atom stereocenters. The number of amides is 1. The van der Waals surface area contributed by atoms with E-state index in [2.05, 4.69) is 10.4 Å². The number of ether oxygens (including phenoxy) is 1. The van der Waals surface area contributed by atoms with Crippen LogP contribution in [-0.4, -0.2) is 64.6 Å². The predicted molar refractivity (Wildman–Crippen MR) is 105 cm³/mol. The molecule has 0 radical (unpaired) electrons. The molecule has 166 valence electrons. The predicted octanol–water partition coefficient (Wildman–Crippen LogP) is 0.668. The molecule has 0 spiro atoms. The van der Waals surface area contributed by atoms with Gasteiger partial charge in [-0.1, -0.05) is 0 Å². The van der Waals surface area contributed by atoms with Crippen molar-refractivity contribution >= 4 is 33.1 Å². The fourth-order valence-electron chi connectivity index (χ4n) is 2.99. The molecule has 0 unspecified atom stereocenters. The summed E-state index contributed by atoms with van der Waals surface area (Å²) in [5, 5.41) is 28.0. The zero-order valence-electron chi connectivity index (χ0n) is 16.3. The Labute approximate surface area is 175 Å². The van der Waals surface area contributed by atoms with E-state index in [0.717, 1.165) is 4.68 Å². The van der Waals surface area contributed by atoms with Crippen LogP contribution in [0.1, 0.15) is 5.69 Å². The number of benzene rings is 1. The molecule has 31 heavy (non-hydrogen) atoms. The van der Waals surface area contributed by atoms with Crippen molar-refractivity contribution in [3.05, 3.63) is 50.2 Å². The molecule has 14 nitrogen and oxygen atoms in total. The molecule has 3 rings (SSSR count). The van der Waals surface area contributed by atoms with Crippen LogP contribution >= 0.6 is 0 Å². The van der Waals surface area contributed by atoms with Crippen LogP contribution in [0.15, 0.2) is 29.2 Å². The van der Waals surface area contributed by atoms with E-state index >= 15 is 0 Å². The van der Waals surface area contributed by atoms with Crippen LogP contribution in [0.2, 0.25) is 0 Å². The molecular formula is C16H18N6O8S. The summed E-state index contributed by atoms with van der Waals surface area (Å²) in [6, 6.07) is 5.47. The Bertz CT molecular complexity index is 1120. The molecule has 2 heterocycles. The van der Waals surface area contributed by atoms with Crippen LogP contribution in [0.4, 0.5) is 17.2 Å². The van der Waals surface area contributed by atoms with Crippen molar-refractivity contribution in [2.45, 2.75) is 18.4 Å². The maximum atomic E-state index is 12.6. The number of nitrogens with one attached hydrogen (secondary N) is 1. The molecule has 15 heteroatoms. The first kappa shape index (κ1) is 22.3. The Kier molecular flexibility index (Phi) is 6.28. The molecular weight excluding hydrogens is 436 g/mol. The van der Waals surface area contributed by atoms with Crippen LogP contribution in [0, 0.1) is 27.2 Å². The summed E-state index contributed by atoms with van der Waals surface area (Å²) in [6.45, 7) is 1.88. The van der Waals surface area contributed by atoms with E-state index < -0.39 is 43.8 Å². The van der Waals surface area contributed by atoms with Gasteiger partial charge in [0.05, 0.1) is 28.1 Å². The molecule has 1 aromatic carbocycles. The average molecular weight is 454 g/mol. The van der Waals surface area contributed by atoms with Crippen molar-refractivity contribution < 1.29 is 27.8 Å². The lowest BCUT2D eigenvalue weighted by Crippen LogP contribution is -2.40. The summed E-state index contributed by atoms with van der Waals surface area (Å²) in [4.78, 5) is 32.4. The van der Waals surface area contributed by atoms with Crippen LogP contribution < -0.4 is 5.32 Å². The van der Waals surface area contributed by atoms with E-state index in [4.69, 9.17) is 4.74 Å². The number of carbonyl (C=O) groups excluding carboxylic acids is 1. The number of rotatable bonds is 7. The number of hydrogen-bond acceptors (Lipinski definition) is 9. The molecule has 1 aliphatic heterocycles. The molecule has 1 aromatic heterocycles. The van der Waals surface area contributed by atoms with Gasteiger partial charge in [-0.25, -0.2) is 8.42 Å². The minimum atomic E-state index is -3.68. The zero-order chi connectivity index (χ0) is 22.8. The van der Waals surface area contributed by atoms with Crippen molar-refractivity contribution in [3.8, 4) is 0 Å². The van der Waals surface area contributed by atoms with Crippen LogP contribution in [0.25, 0.3) is 0 Å². The highest BCUT2D eigenvalue weighted by molar-refractivity contribution is 7.89. The fourth-order valence-corrected chi connectivity index (χ4v) is 4.40.